The smallest absolute Gasteiger partial charge is 0.246 e. The molecule has 0 aliphatic carbocycles. The van der Waals surface area contributed by atoms with Gasteiger partial charge in [0.25, 0.3) is 0 Å². The fourth-order valence-electron chi connectivity index (χ4n) is 1.72. The number of nitrogens with zero attached hydrogens (tertiary/aromatic N) is 1. The molecular formula is C11H9ClN2O3. The van der Waals surface area contributed by atoms with E-state index in [0.29, 0.717) is 10.7 Å². The summed E-state index contributed by atoms with van der Waals surface area (Å²) in [5.74, 6) is -2.84. The summed E-state index contributed by atoms with van der Waals surface area (Å²) in [5.41, 5.74) is 5.45. The predicted octanol–water partition coefficient (Wildman–Crippen LogP) is 0.705. The van der Waals surface area contributed by atoms with E-state index in [0.717, 1.165) is 4.90 Å². The molecule has 1 saturated heterocycles. The summed E-state index contributed by atoms with van der Waals surface area (Å²) in [5, 5.41) is 0.499. The fourth-order valence-corrected chi connectivity index (χ4v) is 1.84. The third kappa shape index (κ3) is 2.01. The normalized spacial score (nSPS) is 19.8. The molecule has 5 nitrogen and oxygen atoms in total. The number of hydrogen-bond acceptors (Lipinski definition) is 3. The first-order valence-corrected chi connectivity index (χ1v) is 5.30. The van der Waals surface area contributed by atoms with Crippen LogP contribution in [0.1, 0.15) is 6.42 Å². The summed E-state index contributed by atoms with van der Waals surface area (Å²) in [6.07, 6.45) is -0.170. The van der Waals surface area contributed by atoms with Crippen molar-refractivity contribution in [3.8, 4) is 0 Å². The number of benzene rings is 1. The van der Waals surface area contributed by atoms with Crippen LogP contribution < -0.4 is 10.6 Å². The molecule has 1 aliphatic rings. The molecule has 0 radical (unpaired) electrons. The van der Waals surface area contributed by atoms with Gasteiger partial charge in [0.1, 0.15) is 5.92 Å². The zero-order valence-corrected chi connectivity index (χ0v) is 9.48. The second-order valence-corrected chi connectivity index (χ2v) is 4.14. The van der Waals surface area contributed by atoms with E-state index in [9.17, 15) is 14.4 Å². The number of halogens is 1. The van der Waals surface area contributed by atoms with E-state index in [1.165, 1.54) is 0 Å². The highest BCUT2D eigenvalue weighted by Crippen LogP contribution is 2.27. The maximum absolute atomic E-state index is 11.8. The summed E-state index contributed by atoms with van der Waals surface area (Å²) >= 11 is 5.71. The van der Waals surface area contributed by atoms with E-state index in [4.69, 9.17) is 17.3 Å². The van der Waals surface area contributed by atoms with E-state index in [1.54, 1.807) is 24.3 Å². The van der Waals surface area contributed by atoms with Gasteiger partial charge in [-0.3, -0.25) is 14.4 Å². The van der Waals surface area contributed by atoms with E-state index in [1.807, 2.05) is 0 Å². The number of carbonyl (C=O) groups is 3. The van der Waals surface area contributed by atoms with Crippen LogP contribution in [-0.4, -0.2) is 17.7 Å². The molecule has 2 N–H and O–H groups in total. The monoisotopic (exact) mass is 252 g/mol. The molecule has 1 fully saturated rings. The van der Waals surface area contributed by atoms with Gasteiger partial charge in [-0.2, -0.15) is 0 Å². The van der Waals surface area contributed by atoms with Gasteiger partial charge in [0.15, 0.2) is 0 Å². The van der Waals surface area contributed by atoms with Gasteiger partial charge in [0.05, 0.1) is 5.69 Å². The Morgan fingerprint density at radius 3 is 2.35 bits per heavy atom. The summed E-state index contributed by atoms with van der Waals surface area (Å²) in [7, 11) is 0. The van der Waals surface area contributed by atoms with Crippen LogP contribution in [0.5, 0.6) is 0 Å². The van der Waals surface area contributed by atoms with Crippen LogP contribution in [0.2, 0.25) is 5.02 Å². The number of rotatable bonds is 2. The lowest BCUT2D eigenvalue weighted by Gasteiger charge is -2.14. The van der Waals surface area contributed by atoms with Gasteiger partial charge >= 0.3 is 0 Å². The lowest BCUT2D eigenvalue weighted by molar-refractivity contribution is -0.130. The number of carbonyl (C=O) groups excluding carboxylic acids is 3. The largest absolute Gasteiger partial charge is 0.369 e. The van der Waals surface area contributed by atoms with Crippen LogP contribution in [0.4, 0.5) is 5.69 Å². The van der Waals surface area contributed by atoms with Crippen LogP contribution in [-0.2, 0) is 14.4 Å². The average molecular weight is 253 g/mol. The van der Waals surface area contributed by atoms with Crippen molar-refractivity contribution in [2.24, 2.45) is 11.7 Å². The molecule has 1 unspecified atom stereocenters. The highest BCUT2D eigenvalue weighted by molar-refractivity contribution is 6.31. The molecule has 88 valence electrons. The van der Waals surface area contributed by atoms with E-state index < -0.39 is 23.6 Å². The van der Waals surface area contributed by atoms with Crippen molar-refractivity contribution >= 4 is 35.0 Å². The van der Waals surface area contributed by atoms with Crippen LogP contribution in [0, 0.1) is 5.92 Å². The van der Waals surface area contributed by atoms with Crippen LogP contribution in [0.15, 0.2) is 24.3 Å². The maximum atomic E-state index is 11.8. The molecule has 0 spiro atoms. The van der Waals surface area contributed by atoms with Crippen LogP contribution in [0.25, 0.3) is 0 Å². The zero-order valence-electron chi connectivity index (χ0n) is 8.72. The Kier molecular flexibility index (Phi) is 2.85. The predicted molar refractivity (Wildman–Crippen MR) is 61.2 cm³/mol. The Hall–Kier alpha value is -1.88. The Morgan fingerprint density at radius 2 is 1.88 bits per heavy atom. The molecule has 3 amide bonds. The number of hydrogen-bond donors (Lipinski definition) is 1. The van der Waals surface area contributed by atoms with E-state index in [2.05, 4.69) is 0 Å². The minimum Gasteiger partial charge on any atom is -0.369 e. The lowest BCUT2D eigenvalue weighted by atomic mass is 10.1. The zero-order chi connectivity index (χ0) is 12.6. The molecule has 0 bridgehead atoms. The molecule has 0 saturated carbocycles. The number of amides is 3. The fraction of sp³-hybridized carbons (Fsp3) is 0.182. The third-order valence-electron chi connectivity index (χ3n) is 2.57. The Morgan fingerprint density at radius 1 is 1.29 bits per heavy atom. The molecule has 1 aromatic carbocycles. The Bertz CT molecular complexity index is 498. The van der Waals surface area contributed by atoms with Crippen molar-refractivity contribution < 1.29 is 14.4 Å². The molecule has 1 aliphatic heterocycles. The van der Waals surface area contributed by atoms with Gasteiger partial charge in [0.2, 0.25) is 17.7 Å². The third-order valence-corrected chi connectivity index (χ3v) is 2.83. The molecule has 1 heterocycles. The molecule has 6 heteroatoms. The number of imide groups is 1. The van der Waals surface area contributed by atoms with Crippen molar-refractivity contribution in [3.05, 3.63) is 29.3 Å². The second-order valence-electron chi connectivity index (χ2n) is 3.70. The summed E-state index contributed by atoms with van der Waals surface area (Å²) in [6.45, 7) is 0. The van der Waals surface area contributed by atoms with Gasteiger partial charge in [-0.1, -0.05) is 11.6 Å². The summed E-state index contributed by atoms with van der Waals surface area (Å²) in [4.78, 5) is 35.4. The van der Waals surface area contributed by atoms with Crippen molar-refractivity contribution in [1.82, 2.24) is 0 Å². The first kappa shape index (κ1) is 11.6. The minimum atomic E-state index is -1.06. The maximum Gasteiger partial charge on any atom is 0.246 e. The van der Waals surface area contributed by atoms with Gasteiger partial charge in [0, 0.05) is 11.4 Å². The van der Waals surface area contributed by atoms with Gasteiger partial charge in [-0.05, 0) is 24.3 Å². The SMILES string of the molecule is NC(=O)C1CC(=O)N(c2ccc(Cl)cc2)C1=O. The van der Waals surface area contributed by atoms with Gasteiger partial charge in [-0.25, -0.2) is 4.90 Å². The van der Waals surface area contributed by atoms with Crippen molar-refractivity contribution in [3.63, 3.8) is 0 Å². The molecule has 1 aromatic rings. The summed E-state index contributed by atoms with van der Waals surface area (Å²) < 4.78 is 0. The standard InChI is InChI=1S/C11H9ClN2O3/c12-6-1-3-7(4-2-6)14-9(15)5-8(10(13)16)11(14)17/h1-4,8H,5H2,(H2,13,16). The van der Waals surface area contributed by atoms with Crippen molar-refractivity contribution in [2.45, 2.75) is 6.42 Å². The Balaban J connectivity index is 2.33. The quantitative estimate of drug-likeness (QED) is 0.622. The molecule has 2 rings (SSSR count). The van der Waals surface area contributed by atoms with E-state index >= 15 is 0 Å². The number of primary amides is 1. The molecule has 0 aromatic heterocycles. The molecule has 1 atom stereocenters. The van der Waals surface area contributed by atoms with E-state index in [-0.39, 0.29) is 6.42 Å². The lowest BCUT2D eigenvalue weighted by Crippen LogP contribution is -2.34. The van der Waals surface area contributed by atoms with Crippen LogP contribution >= 0.6 is 11.6 Å². The molecule has 17 heavy (non-hydrogen) atoms. The Labute approximate surface area is 102 Å². The first-order chi connectivity index (χ1) is 8.00. The minimum absolute atomic E-state index is 0.170. The highest BCUT2D eigenvalue weighted by atomic mass is 35.5. The first-order valence-electron chi connectivity index (χ1n) is 4.92. The van der Waals surface area contributed by atoms with Gasteiger partial charge < -0.3 is 5.73 Å². The highest BCUT2D eigenvalue weighted by Gasteiger charge is 2.42. The number of nitrogens with two attached hydrogens (primary N) is 1. The van der Waals surface area contributed by atoms with Crippen molar-refractivity contribution in [1.29, 1.82) is 0 Å². The average Bonchev–Trinajstić information content (AvgIpc) is 2.56. The number of anilines is 1. The summed E-state index contributed by atoms with van der Waals surface area (Å²) in [6, 6.07) is 6.22. The van der Waals surface area contributed by atoms with Gasteiger partial charge in [-0.15, -0.1) is 0 Å². The topological polar surface area (TPSA) is 80.5 Å². The van der Waals surface area contributed by atoms with Crippen LogP contribution in [0.3, 0.4) is 0 Å². The second kappa shape index (κ2) is 4.18. The molecular weight excluding hydrogens is 244 g/mol. The van der Waals surface area contributed by atoms with Crippen molar-refractivity contribution in [2.75, 3.05) is 4.90 Å².